The number of allylic oxidation sites excluding steroid dienone is 2. The van der Waals surface area contributed by atoms with E-state index in [1.807, 2.05) is 12.2 Å². The summed E-state index contributed by atoms with van der Waals surface area (Å²) >= 11 is 0. The average Bonchev–Trinajstić information content (AvgIpc) is 3.04. The molecule has 1 heterocycles. The standard InChI is InChI=1S/C23H28N4O5/c28-21(25-15-6-2-1-3-7-15)19-14-16(27(31)32)10-11-20(19)24-12-13-26-22(29)17-8-4-5-9-18(17)23(26)30/h4-5,10-11,14-15,17-18,24H,1-3,6-9,12-13H2,(H,25,28)/t17-,18+. The first-order valence-electron chi connectivity index (χ1n) is 11.3. The molecule has 170 valence electrons. The highest BCUT2D eigenvalue weighted by Gasteiger charge is 2.46. The van der Waals surface area contributed by atoms with Gasteiger partial charge in [-0.2, -0.15) is 0 Å². The maximum atomic E-state index is 12.9. The third kappa shape index (κ3) is 4.51. The van der Waals surface area contributed by atoms with E-state index in [1.54, 1.807) is 0 Å². The Morgan fingerprint density at radius 2 is 1.72 bits per heavy atom. The van der Waals surface area contributed by atoms with E-state index in [4.69, 9.17) is 0 Å². The van der Waals surface area contributed by atoms with Crippen molar-refractivity contribution < 1.29 is 19.3 Å². The number of nitro groups is 1. The van der Waals surface area contributed by atoms with Gasteiger partial charge in [0, 0.05) is 37.0 Å². The molecule has 1 aromatic carbocycles. The number of non-ortho nitro benzene ring substituents is 1. The van der Waals surface area contributed by atoms with Gasteiger partial charge in [0.05, 0.1) is 22.3 Å². The molecule has 1 aliphatic heterocycles. The van der Waals surface area contributed by atoms with Gasteiger partial charge in [-0.05, 0) is 31.7 Å². The Labute approximate surface area is 186 Å². The van der Waals surface area contributed by atoms with Crippen LogP contribution >= 0.6 is 0 Å². The fraction of sp³-hybridized carbons (Fsp3) is 0.522. The number of nitrogens with zero attached hydrogens (tertiary/aromatic N) is 2. The molecule has 2 atom stereocenters. The van der Waals surface area contributed by atoms with Gasteiger partial charge in [-0.25, -0.2) is 0 Å². The van der Waals surface area contributed by atoms with Crippen LogP contribution < -0.4 is 10.6 Å². The van der Waals surface area contributed by atoms with Crippen LogP contribution in [0.3, 0.4) is 0 Å². The molecule has 2 aliphatic carbocycles. The fourth-order valence-corrected chi connectivity index (χ4v) is 4.89. The minimum absolute atomic E-state index is 0.0696. The number of rotatable bonds is 7. The summed E-state index contributed by atoms with van der Waals surface area (Å²) in [6.07, 6.45) is 10.1. The number of nitro benzene ring substituents is 1. The topological polar surface area (TPSA) is 122 Å². The van der Waals surface area contributed by atoms with Crippen molar-refractivity contribution >= 4 is 29.1 Å². The van der Waals surface area contributed by atoms with Crippen LogP contribution in [0, 0.1) is 22.0 Å². The summed E-state index contributed by atoms with van der Waals surface area (Å²) < 4.78 is 0. The molecule has 3 amide bonds. The highest BCUT2D eigenvalue weighted by atomic mass is 16.6. The number of hydrogen-bond acceptors (Lipinski definition) is 6. The van der Waals surface area contributed by atoms with Crippen LogP contribution in [0.1, 0.15) is 55.3 Å². The van der Waals surface area contributed by atoms with Gasteiger partial charge in [0.15, 0.2) is 0 Å². The number of fused-ring (bicyclic) bond motifs is 1. The molecule has 3 aliphatic rings. The maximum absolute atomic E-state index is 12.9. The molecule has 9 heteroatoms. The van der Waals surface area contributed by atoms with Gasteiger partial charge < -0.3 is 10.6 Å². The van der Waals surface area contributed by atoms with Crippen molar-refractivity contribution in [2.75, 3.05) is 18.4 Å². The second-order valence-corrected chi connectivity index (χ2v) is 8.71. The number of likely N-dealkylation sites (tertiary alicyclic amines) is 1. The lowest BCUT2D eigenvalue weighted by Gasteiger charge is -2.23. The largest absolute Gasteiger partial charge is 0.383 e. The van der Waals surface area contributed by atoms with Crippen molar-refractivity contribution in [3.8, 4) is 0 Å². The van der Waals surface area contributed by atoms with E-state index in [9.17, 15) is 24.5 Å². The van der Waals surface area contributed by atoms with Crippen molar-refractivity contribution in [3.05, 3.63) is 46.0 Å². The summed E-state index contributed by atoms with van der Waals surface area (Å²) in [6, 6.07) is 4.18. The van der Waals surface area contributed by atoms with E-state index in [0.29, 0.717) is 18.5 Å². The number of amides is 3. The molecule has 0 aromatic heterocycles. The molecule has 1 saturated carbocycles. The van der Waals surface area contributed by atoms with Crippen molar-refractivity contribution in [2.45, 2.75) is 51.0 Å². The van der Waals surface area contributed by atoms with E-state index in [-0.39, 0.29) is 59.9 Å². The van der Waals surface area contributed by atoms with Crippen LogP contribution in [0.2, 0.25) is 0 Å². The van der Waals surface area contributed by atoms with E-state index < -0.39 is 4.92 Å². The first kappa shape index (κ1) is 22.0. The van der Waals surface area contributed by atoms with E-state index in [2.05, 4.69) is 10.6 Å². The minimum Gasteiger partial charge on any atom is -0.383 e. The second kappa shape index (κ2) is 9.50. The molecule has 1 saturated heterocycles. The number of hydrogen-bond donors (Lipinski definition) is 2. The SMILES string of the molecule is O=C(NC1CCCCC1)c1cc([N+](=O)[O-])ccc1NCCN1C(=O)[C@H]2CC=CC[C@H]2C1=O. The zero-order valence-corrected chi connectivity index (χ0v) is 17.9. The van der Waals surface area contributed by atoms with Crippen LogP contribution in [0.5, 0.6) is 0 Å². The monoisotopic (exact) mass is 440 g/mol. The Balaban J connectivity index is 1.43. The highest BCUT2D eigenvalue weighted by Crippen LogP contribution is 2.35. The Bertz CT molecular complexity index is 928. The Morgan fingerprint density at radius 3 is 2.34 bits per heavy atom. The lowest BCUT2D eigenvalue weighted by atomic mass is 9.85. The van der Waals surface area contributed by atoms with Gasteiger partial charge >= 0.3 is 0 Å². The molecule has 2 N–H and O–H groups in total. The normalized spacial score (nSPS) is 23.2. The molecule has 0 radical (unpaired) electrons. The second-order valence-electron chi connectivity index (χ2n) is 8.71. The quantitative estimate of drug-likeness (QED) is 0.291. The number of carbonyl (C=O) groups is 3. The summed E-state index contributed by atoms with van der Waals surface area (Å²) in [5.74, 6) is -1.20. The summed E-state index contributed by atoms with van der Waals surface area (Å²) in [5.41, 5.74) is 0.481. The maximum Gasteiger partial charge on any atom is 0.270 e. The molecule has 4 rings (SSSR count). The molecular weight excluding hydrogens is 412 g/mol. The van der Waals surface area contributed by atoms with Crippen LogP contribution in [-0.4, -0.2) is 46.7 Å². The van der Waals surface area contributed by atoms with Gasteiger partial charge in [0.25, 0.3) is 11.6 Å². The first-order chi connectivity index (χ1) is 15.5. The van der Waals surface area contributed by atoms with Crippen LogP contribution in [0.25, 0.3) is 0 Å². The Kier molecular flexibility index (Phi) is 6.53. The summed E-state index contributed by atoms with van der Waals surface area (Å²) in [5, 5.41) is 17.3. The zero-order valence-electron chi connectivity index (χ0n) is 17.9. The van der Waals surface area contributed by atoms with Crippen LogP contribution in [0.4, 0.5) is 11.4 Å². The molecule has 1 aromatic rings. The third-order valence-electron chi connectivity index (χ3n) is 6.65. The number of benzene rings is 1. The van der Waals surface area contributed by atoms with Gasteiger partial charge in [-0.15, -0.1) is 0 Å². The van der Waals surface area contributed by atoms with Gasteiger partial charge in [0.2, 0.25) is 11.8 Å². The molecule has 32 heavy (non-hydrogen) atoms. The van der Waals surface area contributed by atoms with Crippen molar-refractivity contribution in [3.63, 3.8) is 0 Å². The summed E-state index contributed by atoms with van der Waals surface area (Å²) in [6.45, 7) is 0.442. The van der Waals surface area contributed by atoms with E-state index >= 15 is 0 Å². The first-order valence-corrected chi connectivity index (χ1v) is 11.3. The molecule has 0 spiro atoms. The van der Waals surface area contributed by atoms with Crippen molar-refractivity contribution in [2.24, 2.45) is 11.8 Å². The smallest absolute Gasteiger partial charge is 0.270 e. The van der Waals surface area contributed by atoms with E-state index in [1.165, 1.54) is 23.1 Å². The molecule has 0 bridgehead atoms. The predicted molar refractivity (Wildman–Crippen MR) is 118 cm³/mol. The highest BCUT2D eigenvalue weighted by molar-refractivity contribution is 6.05. The van der Waals surface area contributed by atoms with Gasteiger partial charge in [-0.1, -0.05) is 31.4 Å². The number of imide groups is 1. The third-order valence-corrected chi connectivity index (χ3v) is 6.65. The summed E-state index contributed by atoms with van der Waals surface area (Å²) in [4.78, 5) is 50.1. The molecular formula is C23H28N4O5. The zero-order chi connectivity index (χ0) is 22.7. The molecule has 2 fully saturated rings. The average molecular weight is 441 g/mol. The van der Waals surface area contributed by atoms with E-state index in [0.717, 1.165) is 32.1 Å². The Morgan fingerprint density at radius 1 is 1.06 bits per heavy atom. The number of anilines is 1. The van der Waals surface area contributed by atoms with Crippen molar-refractivity contribution in [1.82, 2.24) is 10.2 Å². The molecule has 9 nitrogen and oxygen atoms in total. The Hall–Kier alpha value is -3.23. The lowest BCUT2D eigenvalue weighted by Crippen LogP contribution is -2.37. The predicted octanol–water partition coefficient (Wildman–Crippen LogP) is 3.02. The summed E-state index contributed by atoms with van der Waals surface area (Å²) in [7, 11) is 0. The number of carbonyl (C=O) groups excluding carboxylic acids is 3. The minimum atomic E-state index is -0.529. The fourth-order valence-electron chi connectivity index (χ4n) is 4.89. The number of nitrogens with one attached hydrogen (secondary N) is 2. The van der Waals surface area contributed by atoms with Gasteiger partial charge in [0.1, 0.15) is 0 Å². The van der Waals surface area contributed by atoms with Crippen LogP contribution in [-0.2, 0) is 9.59 Å². The van der Waals surface area contributed by atoms with Gasteiger partial charge in [-0.3, -0.25) is 29.4 Å². The van der Waals surface area contributed by atoms with Crippen molar-refractivity contribution in [1.29, 1.82) is 0 Å². The van der Waals surface area contributed by atoms with Crippen LogP contribution in [0.15, 0.2) is 30.4 Å². The molecule has 0 unspecified atom stereocenters. The lowest BCUT2D eigenvalue weighted by molar-refractivity contribution is -0.384.